The predicted octanol–water partition coefficient (Wildman–Crippen LogP) is 2.88. The lowest BCUT2D eigenvalue weighted by molar-refractivity contribution is -0.120. The van der Waals surface area contributed by atoms with E-state index in [1.807, 2.05) is 0 Å². The number of benzene rings is 2. The number of ether oxygens (including phenoxy) is 2. The zero-order chi connectivity index (χ0) is 21.0. The largest absolute Gasteiger partial charge is 0.495 e. The third-order valence-electron chi connectivity index (χ3n) is 4.93. The summed E-state index contributed by atoms with van der Waals surface area (Å²) in [5.41, 5.74) is 0.569. The Bertz CT molecular complexity index is 988. The minimum absolute atomic E-state index is 0.0856. The molecule has 1 fully saturated rings. The van der Waals surface area contributed by atoms with Crippen LogP contribution in [0.25, 0.3) is 0 Å². The Morgan fingerprint density at radius 2 is 1.72 bits per heavy atom. The fourth-order valence-corrected chi connectivity index (χ4v) is 4.97. The van der Waals surface area contributed by atoms with Crippen molar-refractivity contribution in [3.63, 3.8) is 0 Å². The van der Waals surface area contributed by atoms with Crippen molar-refractivity contribution in [1.82, 2.24) is 4.31 Å². The summed E-state index contributed by atoms with van der Waals surface area (Å²) in [6.07, 6.45) is 0.718. The number of para-hydroxylation sites is 2. The lowest BCUT2D eigenvalue weighted by Crippen LogP contribution is -2.41. The molecule has 0 radical (unpaired) electrons. The Morgan fingerprint density at radius 1 is 1.07 bits per heavy atom. The summed E-state index contributed by atoms with van der Waals surface area (Å²) in [5, 5.41) is 2.84. The number of nitrogens with one attached hydrogen (secondary N) is 1. The van der Waals surface area contributed by atoms with Gasteiger partial charge in [-0.15, -0.1) is 0 Å². The molecule has 0 bridgehead atoms. The van der Waals surface area contributed by atoms with Gasteiger partial charge in [-0.2, -0.15) is 4.31 Å². The standard InChI is InChI=1S/C20H23FN2O5S/c1-27-17-6-4-3-5-16(17)22-20(24)14-9-11-23(12-10-14)29(25,26)19-13-15(21)7-8-18(19)28-2/h3-8,13-14H,9-12H2,1-2H3,(H,22,24). The number of carbonyl (C=O) groups is 1. The monoisotopic (exact) mass is 422 g/mol. The van der Waals surface area contributed by atoms with Gasteiger partial charge >= 0.3 is 0 Å². The average Bonchev–Trinajstić information content (AvgIpc) is 2.74. The van der Waals surface area contributed by atoms with E-state index in [1.54, 1.807) is 24.3 Å². The molecule has 0 unspecified atom stereocenters. The van der Waals surface area contributed by atoms with Crippen LogP contribution < -0.4 is 14.8 Å². The molecule has 1 amide bonds. The van der Waals surface area contributed by atoms with Gasteiger partial charge in [-0.3, -0.25) is 4.79 Å². The van der Waals surface area contributed by atoms with E-state index in [2.05, 4.69) is 5.32 Å². The molecule has 9 heteroatoms. The smallest absolute Gasteiger partial charge is 0.246 e. The molecule has 2 aromatic rings. The number of anilines is 1. The quantitative estimate of drug-likeness (QED) is 0.774. The van der Waals surface area contributed by atoms with Crippen LogP contribution >= 0.6 is 0 Å². The topological polar surface area (TPSA) is 84.9 Å². The molecule has 156 valence electrons. The van der Waals surface area contributed by atoms with Gasteiger partial charge in [0.2, 0.25) is 15.9 Å². The van der Waals surface area contributed by atoms with Crippen LogP contribution in [0.15, 0.2) is 47.4 Å². The first-order valence-corrected chi connectivity index (χ1v) is 10.6. The highest BCUT2D eigenvalue weighted by Crippen LogP contribution is 2.31. The van der Waals surface area contributed by atoms with E-state index in [-0.39, 0.29) is 35.6 Å². The number of piperidine rings is 1. The summed E-state index contributed by atoms with van der Waals surface area (Å²) in [4.78, 5) is 12.4. The molecule has 0 aliphatic carbocycles. The van der Waals surface area contributed by atoms with Gasteiger partial charge in [-0.1, -0.05) is 12.1 Å². The molecule has 3 rings (SSSR count). The van der Waals surface area contributed by atoms with Crippen molar-refractivity contribution in [2.24, 2.45) is 5.92 Å². The Kier molecular flexibility index (Phi) is 6.39. The lowest BCUT2D eigenvalue weighted by Gasteiger charge is -2.31. The first-order chi connectivity index (χ1) is 13.9. The normalized spacial score (nSPS) is 15.7. The van der Waals surface area contributed by atoms with Crippen LogP contribution in [0.1, 0.15) is 12.8 Å². The van der Waals surface area contributed by atoms with Crippen LogP contribution in [0.2, 0.25) is 0 Å². The highest BCUT2D eigenvalue weighted by atomic mass is 32.2. The number of halogens is 1. The molecule has 0 saturated carbocycles. The van der Waals surface area contributed by atoms with E-state index < -0.39 is 15.8 Å². The molecule has 2 aromatic carbocycles. The molecule has 1 N–H and O–H groups in total. The number of amides is 1. The molecule has 1 aliphatic heterocycles. The van der Waals surface area contributed by atoms with Gasteiger partial charge in [0.15, 0.2) is 0 Å². The van der Waals surface area contributed by atoms with Crippen molar-refractivity contribution in [1.29, 1.82) is 0 Å². The second kappa shape index (κ2) is 8.79. The second-order valence-electron chi connectivity index (χ2n) is 6.66. The minimum atomic E-state index is -3.93. The number of sulfonamides is 1. The summed E-state index contributed by atoms with van der Waals surface area (Å²) in [6.45, 7) is 0.317. The van der Waals surface area contributed by atoms with Gasteiger partial charge in [0.1, 0.15) is 22.2 Å². The van der Waals surface area contributed by atoms with Crippen LogP contribution in [-0.2, 0) is 14.8 Å². The molecule has 1 heterocycles. The molecule has 1 saturated heterocycles. The summed E-state index contributed by atoms with van der Waals surface area (Å²) in [6, 6.07) is 10.5. The molecule has 0 spiro atoms. The highest BCUT2D eigenvalue weighted by molar-refractivity contribution is 7.89. The third kappa shape index (κ3) is 4.51. The van der Waals surface area contributed by atoms with Gasteiger partial charge in [0.05, 0.1) is 19.9 Å². The van der Waals surface area contributed by atoms with E-state index in [0.717, 1.165) is 12.1 Å². The van der Waals surface area contributed by atoms with Crippen molar-refractivity contribution >= 4 is 21.6 Å². The van der Waals surface area contributed by atoms with Gasteiger partial charge in [-0.25, -0.2) is 12.8 Å². The van der Waals surface area contributed by atoms with Crippen molar-refractivity contribution in [3.05, 3.63) is 48.3 Å². The number of hydrogen-bond donors (Lipinski definition) is 1. The maximum absolute atomic E-state index is 13.6. The zero-order valence-corrected chi connectivity index (χ0v) is 17.0. The summed E-state index contributed by atoms with van der Waals surface area (Å²) < 4.78 is 51.0. The molecule has 7 nitrogen and oxygen atoms in total. The predicted molar refractivity (Wildman–Crippen MR) is 106 cm³/mol. The zero-order valence-electron chi connectivity index (χ0n) is 16.2. The Balaban J connectivity index is 1.68. The van der Waals surface area contributed by atoms with E-state index in [1.165, 1.54) is 24.6 Å². The molecule has 0 atom stereocenters. The maximum atomic E-state index is 13.6. The van der Waals surface area contributed by atoms with Crippen LogP contribution in [0, 0.1) is 11.7 Å². The van der Waals surface area contributed by atoms with E-state index in [0.29, 0.717) is 24.3 Å². The third-order valence-corrected chi connectivity index (χ3v) is 6.85. The average molecular weight is 422 g/mol. The SMILES string of the molecule is COc1ccccc1NC(=O)C1CCN(S(=O)(=O)c2cc(F)ccc2OC)CC1. The molecular weight excluding hydrogens is 399 g/mol. The van der Waals surface area contributed by atoms with E-state index in [9.17, 15) is 17.6 Å². The highest BCUT2D eigenvalue weighted by Gasteiger charge is 2.34. The van der Waals surface area contributed by atoms with Gasteiger partial charge < -0.3 is 14.8 Å². The Hall–Kier alpha value is -2.65. The first-order valence-electron chi connectivity index (χ1n) is 9.14. The number of nitrogens with zero attached hydrogens (tertiary/aromatic N) is 1. The fourth-order valence-electron chi connectivity index (χ4n) is 3.33. The van der Waals surface area contributed by atoms with Gasteiger partial charge in [0.25, 0.3) is 0 Å². The minimum Gasteiger partial charge on any atom is -0.495 e. The first kappa shape index (κ1) is 21.1. The Morgan fingerprint density at radius 3 is 2.38 bits per heavy atom. The van der Waals surface area contributed by atoms with Crippen molar-refractivity contribution < 1.29 is 27.1 Å². The molecule has 29 heavy (non-hydrogen) atoms. The van der Waals surface area contributed by atoms with Crippen molar-refractivity contribution in [2.45, 2.75) is 17.7 Å². The van der Waals surface area contributed by atoms with Crippen molar-refractivity contribution in [2.75, 3.05) is 32.6 Å². The van der Waals surface area contributed by atoms with Gasteiger partial charge in [0, 0.05) is 19.0 Å². The van der Waals surface area contributed by atoms with Gasteiger partial charge in [-0.05, 0) is 43.2 Å². The number of rotatable bonds is 6. The van der Waals surface area contributed by atoms with Crippen LogP contribution in [-0.4, -0.2) is 45.9 Å². The maximum Gasteiger partial charge on any atom is 0.246 e. The number of carbonyl (C=O) groups excluding carboxylic acids is 1. The van der Waals surface area contributed by atoms with E-state index >= 15 is 0 Å². The van der Waals surface area contributed by atoms with Crippen LogP contribution in [0.5, 0.6) is 11.5 Å². The van der Waals surface area contributed by atoms with Crippen molar-refractivity contribution in [3.8, 4) is 11.5 Å². The van der Waals surface area contributed by atoms with Crippen LogP contribution in [0.4, 0.5) is 10.1 Å². The fraction of sp³-hybridized carbons (Fsp3) is 0.350. The molecular formula is C20H23FN2O5S. The Labute approximate surface area is 169 Å². The number of methoxy groups -OCH3 is 2. The lowest BCUT2D eigenvalue weighted by atomic mass is 9.97. The number of hydrogen-bond acceptors (Lipinski definition) is 5. The summed E-state index contributed by atoms with van der Waals surface area (Å²) in [5.74, 6) is -0.535. The molecule has 0 aromatic heterocycles. The molecule has 1 aliphatic rings. The summed E-state index contributed by atoms with van der Waals surface area (Å²) in [7, 11) is -1.07. The van der Waals surface area contributed by atoms with Crippen LogP contribution in [0.3, 0.4) is 0 Å². The second-order valence-corrected chi connectivity index (χ2v) is 8.57. The summed E-state index contributed by atoms with van der Waals surface area (Å²) >= 11 is 0. The van der Waals surface area contributed by atoms with E-state index in [4.69, 9.17) is 9.47 Å².